The van der Waals surface area contributed by atoms with Crippen molar-refractivity contribution in [3.8, 4) is 0 Å². The fourth-order valence-electron chi connectivity index (χ4n) is 2.64. The van der Waals surface area contributed by atoms with E-state index in [-0.39, 0.29) is 12.0 Å². The molecule has 116 valence electrons. The Hall–Kier alpha value is -1.10. The Kier molecular flexibility index (Phi) is 6.99. The molecule has 0 saturated carbocycles. The first-order valence-corrected chi connectivity index (χ1v) is 7.52. The van der Waals surface area contributed by atoms with Crippen molar-refractivity contribution in [2.75, 3.05) is 19.7 Å². The first-order chi connectivity index (χ1) is 9.40. The zero-order chi connectivity index (χ0) is 15.1. The molecule has 0 bridgehead atoms. The summed E-state index contributed by atoms with van der Waals surface area (Å²) in [5, 5.41) is 9.01. The van der Waals surface area contributed by atoms with Gasteiger partial charge < -0.3 is 14.7 Å². The quantitative estimate of drug-likeness (QED) is 0.778. The van der Waals surface area contributed by atoms with Crippen molar-refractivity contribution < 1.29 is 19.4 Å². The molecule has 0 aliphatic carbocycles. The molecule has 1 heterocycles. The highest BCUT2D eigenvalue weighted by Crippen LogP contribution is 2.17. The van der Waals surface area contributed by atoms with Crippen LogP contribution in [0.15, 0.2) is 0 Å². The molecule has 2 atom stereocenters. The lowest BCUT2D eigenvalue weighted by molar-refractivity contribution is -0.146. The normalized spacial score (nSPS) is 21.0. The number of ether oxygens (including phenoxy) is 1. The Labute approximate surface area is 121 Å². The van der Waals surface area contributed by atoms with Crippen molar-refractivity contribution in [3.63, 3.8) is 0 Å². The van der Waals surface area contributed by atoms with Gasteiger partial charge in [0.25, 0.3) is 0 Å². The summed E-state index contributed by atoms with van der Waals surface area (Å²) in [5.41, 5.74) is 0. The van der Waals surface area contributed by atoms with Crippen LogP contribution in [0, 0.1) is 11.8 Å². The summed E-state index contributed by atoms with van der Waals surface area (Å²) in [6.07, 6.45) is 2.93. The van der Waals surface area contributed by atoms with Crippen LogP contribution < -0.4 is 0 Å². The van der Waals surface area contributed by atoms with E-state index in [2.05, 4.69) is 13.8 Å². The SMILES string of the molecule is CC(C)CC(C)OCCC(=O)N1CCC[C@H](C(=O)O)C1. The molecule has 1 amide bonds. The molecule has 1 N–H and O–H groups in total. The molecular formula is C15H27NO4. The van der Waals surface area contributed by atoms with Crippen LogP contribution in [0.5, 0.6) is 0 Å². The van der Waals surface area contributed by atoms with Gasteiger partial charge in [-0.1, -0.05) is 13.8 Å². The Morgan fingerprint density at radius 2 is 2.05 bits per heavy atom. The Balaban J connectivity index is 2.27. The molecule has 5 nitrogen and oxygen atoms in total. The van der Waals surface area contributed by atoms with Crippen LogP contribution in [0.2, 0.25) is 0 Å². The van der Waals surface area contributed by atoms with Gasteiger partial charge in [0.15, 0.2) is 0 Å². The topological polar surface area (TPSA) is 66.8 Å². The summed E-state index contributed by atoms with van der Waals surface area (Å²) in [5.74, 6) is -0.621. The summed E-state index contributed by atoms with van der Waals surface area (Å²) in [7, 11) is 0. The lowest BCUT2D eigenvalue weighted by Gasteiger charge is -2.30. The van der Waals surface area contributed by atoms with Crippen molar-refractivity contribution in [1.29, 1.82) is 0 Å². The molecule has 20 heavy (non-hydrogen) atoms. The molecule has 5 heteroatoms. The van der Waals surface area contributed by atoms with Crippen molar-refractivity contribution in [3.05, 3.63) is 0 Å². The molecule has 1 aliphatic heterocycles. The number of likely N-dealkylation sites (tertiary alicyclic amines) is 1. The van der Waals surface area contributed by atoms with E-state index in [0.717, 1.165) is 12.8 Å². The van der Waals surface area contributed by atoms with Crippen molar-refractivity contribution in [1.82, 2.24) is 4.90 Å². The molecule has 0 radical (unpaired) electrons. The number of hydrogen-bond donors (Lipinski definition) is 1. The minimum absolute atomic E-state index is 0.00713. The summed E-state index contributed by atoms with van der Waals surface area (Å²) in [4.78, 5) is 24.7. The number of aliphatic carboxylic acids is 1. The third kappa shape index (κ3) is 5.90. The maximum absolute atomic E-state index is 12.0. The molecule has 1 rings (SSSR count). The van der Waals surface area contributed by atoms with Gasteiger partial charge >= 0.3 is 5.97 Å². The van der Waals surface area contributed by atoms with Crippen molar-refractivity contribution in [2.24, 2.45) is 11.8 Å². The van der Waals surface area contributed by atoms with E-state index in [9.17, 15) is 9.59 Å². The first kappa shape index (κ1) is 17.0. The largest absolute Gasteiger partial charge is 0.481 e. The summed E-state index contributed by atoms with van der Waals surface area (Å²) < 4.78 is 5.62. The number of nitrogens with zero attached hydrogens (tertiary/aromatic N) is 1. The third-order valence-corrected chi connectivity index (χ3v) is 3.64. The van der Waals surface area contributed by atoms with E-state index in [1.165, 1.54) is 0 Å². The maximum atomic E-state index is 12.0. The first-order valence-electron chi connectivity index (χ1n) is 7.52. The molecule has 1 saturated heterocycles. The fourth-order valence-corrected chi connectivity index (χ4v) is 2.64. The average Bonchev–Trinajstić information content (AvgIpc) is 2.37. The fraction of sp³-hybridized carbons (Fsp3) is 0.867. The highest BCUT2D eigenvalue weighted by atomic mass is 16.5. The van der Waals surface area contributed by atoms with E-state index in [1.54, 1.807) is 4.90 Å². The second kappa shape index (κ2) is 8.25. The maximum Gasteiger partial charge on any atom is 0.308 e. The van der Waals surface area contributed by atoms with Gasteiger partial charge in [-0.05, 0) is 32.1 Å². The Bertz CT molecular complexity index is 330. The number of carboxylic acids is 1. The molecule has 0 aromatic heterocycles. The number of amides is 1. The molecule has 0 spiro atoms. The van der Waals surface area contributed by atoms with Crippen LogP contribution in [-0.2, 0) is 14.3 Å². The number of carbonyl (C=O) groups is 2. The second-order valence-corrected chi connectivity index (χ2v) is 6.08. The smallest absolute Gasteiger partial charge is 0.308 e. The molecule has 0 aromatic rings. The van der Waals surface area contributed by atoms with Crippen LogP contribution in [0.3, 0.4) is 0 Å². The van der Waals surface area contributed by atoms with Gasteiger partial charge in [0.1, 0.15) is 0 Å². The number of rotatable bonds is 7. The van der Waals surface area contributed by atoms with Gasteiger partial charge in [-0.3, -0.25) is 9.59 Å². The molecule has 1 fully saturated rings. The van der Waals surface area contributed by atoms with E-state index >= 15 is 0 Å². The summed E-state index contributed by atoms with van der Waals surface area (Å²) >= 11 is 0. The van der Waals surface area contributed by atoms with Crippen LogP contribution in [0.25, 0.3) is 0 Å². The van der Waals surface area contributed by atoms with E-state index in [1.807, 2.05) is 6.92 Å². The van der Waals surface area contributed by atoms with Crippen molar-refractivity contribution >= 4 is 11.9 Å². The lowest BCUT2D eigenvalue weighted by atomic mass is 9.98. The zero-order valence-corrected chi connectivity index (χ0v) is 12.8. The number of carbonyl (C=O) groups excluding carboxylic acids is 1. The van der Waals surface area contributed by atoms with Crippen LogP contribution in [-0.4, -0.2) is 47.7 Å². The zero-order valence-electron chi connectivity index (χ0n) is 12.8. The number of carboxylic acid groups (broad SMARTS) is 1. The van der Waals surface area contributed by atoms with E-state index in [4.69, 9.17) is 9.84 Å². The molecule has 1 unspecified atom stereocenters. The Morgan fingerprint density at radius 1 is 1.35 bits per heavy atom. The minimum atomic E-state index is -0.802. The third-order valence-electron chi connectivity index (χ3n) is 3.64. The van der Waals surface area contributed by atoms with Crippen LogP contribution in [0.1, 0.15) is 46.5 Å². The summed E-state index contributed by atoms with van der Waals surface area (Å²) in [6.45, 7) is 7.74. The predicted octanol–water partition coefficient (Wildman–Crippen LogP) is 2.15. The minimum Gasteiger partial charge on any atom is -0.481 e. The predicted molar refractivity (Wildman–Crippen MR) is 76.4 cm³/mol. The monoisotopic (exact) mass is 285 g/mol. The van der Waals surface area contributed by atoms with E-state index in [0.29, 0.717) is 38.5 Å². The summed E-state index contributed by atoms with van der Waals surface area (Å²) in [6, 6.07) is 0. The van der Waals surface area contributed by atoms with Gasteiger partial charge in [0.2, 0.25) is 5.91 Å². The Morgan fingerprint density at radius 3 is 2.65 bits per heavy atom. The molecule has 0 aromatic carbocycles. The van der Waals surface area contributed by atoms with Crippen molar-refractivity contribution in [2.45, 2.75) is 52.6 Å². The average molecular weight is 285 g/mol. The van der Waals surface area contributed by atoms with Gasteiger partial charge in [0, 0.05) is 13.1 Å². The highest BCUT2D eigenvalue weighted by Gasteiger charge is 2.27. The van der Waals surface area contributed by atoms with E-state index < -0.39 is 11.9 Å². The second-order valence-electron chi connectivity index (χ2n) is 6.08. The number of hydrogen-bond acceptors (Lipinski definition) is 3. The number of piperidine rings is 1. The van der Waals surface area contributed by atoms with Gasteiger partial charge in [-0.25, -0.2) is 0 Å². The molecule has 1 aliphatic rings. The van der Waals surface area contributed by atoms with Gasteiger partial charge in [-0.15, -0.1) is 0 Å². The van der Waals surface area contributed by atoms with Crippen LogP contribution >= 0.6 is 0 Å². The van der Waals surface area contributed by atoms with Gasteiger partial charge in [-0.2, -0.15) is 0 Å². The van der Waals surface area contributed by atoms with Crippen LogP contribution in [0.4, 0.5) is 0 Å². The highest BCUT2D eigenvalue weighted by molar-refractivity contribution is 5.78. The molecular weight excluding hydrogens is 258 g/mol. The van der Waals surface area contributed by atoms with Gasteiger partial charge in [0.05, 0.1) is 25.0 Å². The standard InChI is InChI=1S/C15H27NO4/c1-11(2)9-12(3)20-8-6-14(17)16-7-4-5-13(10-16)15(18)19/h11-13H,4-10H2,1-3H3,(H,18,19)/t12?,13-/m0/s1. The lowest BCUT2D eigenvalue weighted by Crippen LogP contribution is -2.42.